The molecule has 2 N–H and O–H groups in total. The molecule has 0 aliphatic rings. The first kappa shape index (κ1) is 13.4. The molecule has 0 saturated carbocycles. The summed E-state index contributed by atoms with van der Waals surface area (Å²) >= 11 is 0. The van der Waals surface area contributed by atoms with Gasteiger partial charge in [-0.3, -0.25) is 9.89 Å². The van der Waals surface area contributed by atoms with Crippen LogP contribution in [0.25, 0.3) is 16.7 Å². The van der Waals surface area contributed by atoms with Crippen molar-refractivity contribution in [3.8, 4) is 0 Å². The zero-order chi connectivity index (χ0) is 15.8. The van der Waals surface area contributed by atoms with Crippen molar-refractivity contribution in [3.05, 3.63) is 53.7 Å². The highest BCUT2D eigenvalue weighted by atomic mass is 16.1. The first-order valence-electron chi connectivity index (χ1n) is 7.08. The van der Waals surface area contributed by atoms with E-state index in [0.717, 1.165) is 16.6 Å². The van der Waals surface area contributed by atoms with Crippen molar-refractivity contribution in [2.75, 3.05) is 0 Å². The van der Waals surface area contributed by atoms with E-state index in [1.165, 1.54) is 6.20 Å². The van der Waals surface area contributed by atoms with Gasteiger partial charge in [-0.2, -0.15) is 10.2 Å². The lowest BCUT2D eigenvalue weighted by Gasteiger charge is -2.03. The van der Waals surface area contributed by atoms with E-state index in [9.17, 15) is 4.79 Å². The van der Waals surface area contributed by atoms with E-state index in [1.807, 2.05) is 25.3 Å². The summed E-state index contributed by atoms with van der Waals surface area (Å²) in [5.41, 5.74) is 3.38. The van der Waals surface area contributed by atoms with Crippen LogP contribution in [0.4, 0.5) is 0 Å². The van der Waals surface area contributed by atoms with Gasteiger partial charge in [0.05, 0.1) is 18.4 Å². The Balaban J connectivity index is 1.57. The summed E-state index contributed by atoms with van der Waals surface area (Å²) in [5, 5.41) is 14.9. The first-order chi connectivity index (χ1) is 11.2. The van der Waals surface area contributed by atoms with Crippen LogP contribution < -0.4 is 5.32 Å². The first-order valence-corrected chi connectivity index (χ1v) is 7.08. The van der Waals surface area contributed by atoms with Gasteiger partial charge in [0.2, 0.25) is 0 Å². The molecule has 0 atom stereocenters. The van der Waals surface area contributed by atoms with Crippen LogP contribution in [-0.4, -0.2) is 35.7 Å². The number of H-pyrrole nitrogens is 1. The third-order valence-corrected chi connectivity index (χ3v) is 3.56. The SMILES string of the molecule is Cc1cnc2c(C(=O)NCc3[nH]nc4ncccc34)cnn2c1. The molecule has 4 aromatic heterocycles. The van der Waals surface area contributed by atoms with E-state index < -0.39 is 0 Å². The Morgan fingerprint density at radius 1 is 1.35 bits per heavy atom. The second-order valence-corrected chi connectivity index (χ2v) is 5.22. The molecule has 0 saturated heterocycles. The van der Waals surface area contributed by atoms with Crippen molar-refractivity contribution in [3.63, 3.8) is 0 Å². The van der Waals surface area contributed by atoms with Crippen LogP contribution in [0.5, 0.6) is 0 Å². The molecule has 0 aliphatic heterocycles. The zero-order valence-electron chi connectivity index (χ0n) is 12.3. The highest BCUT2D eigenvalue weighted by Gasteiger charge is 2.14. The van der Waals surface area contributed by atoms with Crippen LogP contribution in [0.3, 0.4) is 0 Å². The average molecular weight is 307 g/mol. The summed E-state index contributed by atoms with van der Waals surface area (Å²) < 4.78 is 1.60. The minimum absolute atomic E-state index is 0.233. The van der Waals surface area contributed by atoms with Crippen LogP contribution in [0, 0.1) is 6.92 Å². The molecule has 0 bridgehead atoms. The van der Waals surface area contributed by atoms with Crippen molar-refractivity contribution in [1.29, 1.82) is 0 Å². The van der Waals surface area contributed by atoms with Gasteiger partial charge < -0.3 is 5.32 Å². The fourth-order valence-electron chi connectivity index (χ4n) is 2.43. The van der Waals surface area contributed by atoms with Crippen molar-refractivity contribution in [1.82, 2.24) is 35.1 Å². The van der Waals surface area contributed by atoms with E-state index in [2.05, 4.69) is 30.6 Å². The quantitative estimate of drug-likeness (QED) is 0.593. The molecule has 8 heteroatoms. The third-order valence-electron chi connectivity index (χ3n) is 3.56. The molecule has 0 fully saturated rings. The number of amides is 1. The molecule has 23 heavy (non-hydrogen) atoms. The van der Waals surface area contributed by atoms with Gasteiger partial charge in [0, 0.05) is 24.0 Å². The van der Waals surface area contributed by atoms with Crippen LogP contribution in [0.1, 0.15) is 21.6 Å². The van der Waals surface area contributed by atoms with Crippen molar-refractivity contribution in [2.24, 2.45) is 0 Å². The number of aromatic nitrogens is 6. The maximum absolute atomic E-state index is 12.4. The average Bonchev–Trinajstić information content (AvgIpc) is 3.16. The molecule has 0 aliphatic carbocycles. The van der Waals surface area contributed by atoms with Gasteiger partial charge in [-0.1, -0.05) is 0 Å². The fraction of sp³-hybridized carbons (Fsp3) is 0.133. The van der Waals surface area contributed by atoms with E-state index >= 15 is 0 Å². The topological polar surface area (TPSA) is 101 Å². The molecule has 4 aromatic rings. The predicted molar refractivity (Wildman–Crippen MR) is 82.8 cm³/mol. The second-order valence-electron chi connectivity index (χ2n) is 5.22. The lowest BCUT2D eigenvalue weighted by atomic mass is 10.2. The van der Waals surface area contributed by atoms with Crippen molar-refractivity contribution >= 4 is 22.6 Å². The highest BCUT2D eigenvalue weighted by Crippen LogP contribution is 2.13. The molecule has 0 radical (unpaired) electrons. The molecule has 0 unspecified atom stereocenters. The van der Waals surface area contributed by atoms with Gasteiger partial charge in [0.1, 0.15) is 5.56 Å². The van der Waals surface area contributed by atoms with Crippen molar-refractivity contribution < 1.29 is 4.79 Å². The number of hydrogen-bond acceptors (Lipinski definition) is 5. The smallest absolute Gasteiger partial charge is 0.257 e. The molecule has 0 spiro atoms. The monoisotopic (exact) mass is 307 g/mol. The van der Waals surface area contributed by atoms with Crippen LogP contribution >= 0.6 is 0 Å². The van der Waals surface area contributed by atoms with Gasteiger partial charge in [-0.15, -0.1) is 0 Å². The Morgan fingerprint density at radius 3 is 3.17 bits per heavy atom. The number of fused-ring (bicyclic) bond motifs is 2. The Morgan fingerprint density at radius 2 is 2.26 bits per heavy atom. The summed E-state index contributed by atoms with van der Waals surface area (Å²) in [4.78, 5) is 20.8. The van der Waals surface area contributed by atoms with Crippen LogP contribution in [0.2, 0.25) is 0 Å². The number of pyridine rings is 1. The highest BCUT2D eigenvalue weighted by molar-refractivity contribution is 5.99. The fourth-order valence-corrected chi connectivity index (χ4v) is 2.43. The number of aryl methyl sites for hydroxylation is 1. The number of carbonyl (C=O) groups is 1. The number of nitrogens with zero attached hydrogens (tertiary/aromatic N) is 5. The summed E-state index contributed by atoms with van der Waals surface area (Å²) in [5.74, 6) is -0.233. The predicted octanol–water partition coefficient (Wildman–Crippen LogP) is 1.24. The minimum atomic E-state index is -0.233. The Labute approximate surface area is 130 Å². The molecule has 4 rings (SSSR count). The minimum Gasteiger partial charge on any atom is -0.346 e. The van der Waals surface area contributed by atoms with Gasteiger partial charge >= 0.3 is 0 Å². The number of rotatable bonds is 3. The molecule has 1 amide bonds. The standard InChI is InChI=1S/C15H13N7O/c1-9-5-17-14-11(6-19-22(14)8-9)15(23)18-7-12-10-3-2-4-16-13(10)21-20-12/h2-6,8H,7H2,1H3,(H,18,23)(H,16,20,21). The Hall–Kier alpha value is -3.29. The van der Waals surface area contributed by atoms with Gasteiger partial charge in [-0.05, 0) is 24.6 Å². The largest absolute Gasteiger partial charge is 0.346 e. The van der Waals surface area contributed by atoms with E-state index in [-0.39, 0.29) is 5.91 Å². The van der Waals surface area contributed by atoms with Crippen LogP contribution in [-0.2, 0) is 6.54 Å². The van der Waals surface area contributed by atoms with Gasteiger partial charge in [-0.25, -0.2) is 14.5 Å². The molecular weight excluding hydrogens is 294 g/mol. The number of nitrogens with one attached hydrogen (secondary N) is 2. The molecule has 114 valence electrons. The van der Waals surface area contributed by atoms with Gasteiger partial charge in [0.25, 0.3) is 5.91 Å². The number of aromatic amines is 1. The summed E-state index contributed by atoms with van der Waals surface area (Å²) in [6.45, 7) is 2.25. The van der Waals surface area contributed by atoms with Gasteiger partial charge in [0.15, 0.2) is 11.3 Å². The zero-order valence-corrected chi connectivity index (χ0v) is 12.3. The number of hydrogen-bond donors (Lipinski definition) is 2. The Bertz CT molecular complexity index is 1020. The molecular formula is C15H13N7O. The maximum atomic E-state index is 12.4. The maximum Gasteiger partial charge on any atom is 0.257 e. The molecule has 0 aromatic carbocycles. The summed E-state index contributed by atoms with van der Waals surface area (Å²) in [6.07, 6.45) is 6.73. The molecule has 8 nitrogen and oxygen atoms in total. The second kappa shape index (κ2) is 5.16. The number of carbonyl (C=O) groups excluding carboxylic acids is 1. The lowest BCUT2D eigenvalue weighted by molar-refractivity contribution is 0.0952. The van der Waals surface area contributed by atoms with Crippen molar-refractivity contribution in [2.45, 2.75) is 13.5 Å². The molecule has 4 heterocycles. The van der Waals surface area contributed by atoms with E-state index in [0.29, 0.717) is 23.4 Å². The van der Waals surface area contributed by atoms with E-state index in [4.69, 9.17) is 0 Å². The summed E-state index contributed by atoms with van der Waals surface area (Å²) in [6, 6.07) is 3.74. The normalized spacial score (nSPS) is 11.2. The Kier molecular flexibility index (Phi) is 3.00. The van der Waals surface area contributed by atoms with Crippen LogP contribution in [0.15, 0.2) is 36.9 Å². The summed E-state index contributed by atoms with van der Waals surface area (Å²) in [7, 11) is 0. The van der Waals surface area contributed by atoms with E-state index in [1.54, 1.807) is 16.9 Å². The third kappa shape index (κ3) is 2.30. The lowest BCUT2D eigenvalue weighted by Crippen LogP contribution is -2.23.